The van der Waals surface area contributed by atoms with Gasteiger partial charge >= 0.3 is 0 Å². The molecule has 1 aromatic heterocycles. The molecule has 17 heavy (non-hydrogen) atoms. The van der Waals surface area contributed by atoms with E-state index < -0.39 is 35.1 Å². The van der Waals surface area contributed by atoms with E-state index in [0.717, 1.165) is 0 Å². The van der Waals surface area contributed by atoms with Crippen LogP contribution in [-0.4, -0.2) is 33.7 Å². The quantitative estimate of drug-likeness (QED) is 0.401. The lowest BCUT2D eigenvalue weighted by atomic mass is 9.88. The minimum Gasteiger partial charge on any atom is -0.312 e. The maximum absolute atomic E-state index is 12.0. The molecule has 1 aromatic rings. The zero-order valence-corrected chi connectivity index (χ0v) is 8.67. The van der Waals surface area contributed by atoms with Gasteiger partial charge in [0.05, 0.1) is 0 Å². The van der Waals surface area contributed by atoms with E-state index in [1.807, 2.05) is 0 Å². The number of hydrogen-bond acceptors (Lipinski definition) is 6. The van der Waals surface area contributed by atoms with E-state index in [-0.39, 0.29) is 5.56 Å². The standard InChI is InChI=1S/C11H8N2O4/c12-11(4-7(14)8(15)10(11)17)9(16)6-2-1-3-13-5-6/h1-3,5H,4,12H2. The number of carbonyl (C=O) groups excluding carboxylic acids is 4. The van der Waals surface area contributed by atoms with E-state index in [4.69, 9.17) is 5.73 Å². The number of nitrogens with zero attached hydrogens (tertiary/aromatic N) is 1. The highest BCUT2D eigenvalue weighted by molar-refractivity contribution is 6.71. The van der Waals surface area contributed by atoms with Crippen LogP contribution in [0.4, 0.5) is 0 Å². The molecule has 0 amide bonds. The Morgan fingerprint density at radius 1 is 1.35 bits per heavy atom. The molecule has 6 heteroatoms. The topological polar surface area (TPSA) is 107 Å². The molecule has 1 unspecified atom stereocenters. The number of hydrogen-bond donors (Lipinski definition) is 1. The number of pyridine rings is 1. The highest BCUT2D eigenvalue weighted by Crippen LogP contribution is 2.23. The lowest BCUT2D eigenvalue weighted by Crippen LogP contribution is -2.52. The first-order valence-corrected chi connectivity index (χ1v) is 4.82. The zero-order chi connectivity index (χ0) is 12.6. The summed E-state index contributed by atoms with van der Waals surface area (Å²) in [4.78, 5) is 49.4. The number of rotatable bonds is 2. The second kappa shape index (κ2) is 3.67. The van der Waals surface area contributed by atoms with Gasteiger partial charge in [0.15, 0.2) is 11.3 Å². The van der Waals surface area contributed by atoms with Crippen LogP contribution in [0.25, 0.3) is 0 Å². The van der Waals surface area contributed by atoms with Crippen molar-refractivity contribution < 1.29 is 19.2 Å². The van der Waals surface area contributed by atoms with Crippen molar-refractivity contribution in [3.63, 3.8) is 0 Å². The molecule has 6 nitrogen and oxygen atoms in total. The Morgan fingerprint density at radius 3 is 2.53 bits per heavy atom. The fourth-order valence-electron chi connectivity index (χ4n) is 1.68. The fraction of sp³-hybridized carbons (Fsp3) is 0.182. The van der Waals surface area contributed by atoms with Crippen molar-refractivity contribution in [1.29, 1.82) is 0 Å². The van der Waals surface area contributed by atoms with Crippen LogP contribution in [0.15, 0.2) is 24.5 Å². The molecule has 0 aromatic carbocycles. The van der Waals surface area contributed by atoms with E-state index in [0.29, 0.717) is 0 Å². The Hall–Kier alpha value is -2.21. The summed E-state index contributed by atoms with van der Waals surface area (Å²) in [7, 11) is 0. The zero-order valence-electron chi connectivity index (χ0n) is 8.67. The number of nitrogens with two attached hydrogens (primary N) is 1. The van der Waals surface area contributed by atoms with Gasteiger partial charge in [-0.1, -0.05) is 0 Å². The van der Waals surface area contributed by atoms with Crippen molar-refractivity contribution >= 4 is 23.1 Å². The van der Waals surface area contributed by atoms with Crippen LogP contribution >= 0.6 is 0 Å². The summed E-state index contributed by atoms with van der Waals surface area (Å²) in [5.41, 5.74) is 3.63. The van der Waals surface area contributed by atoms with Crippen LogP contribution in [0.1, 0.15) is 16.8 Å². The molecule has 86 valence electrons. The molecule has 0 radical (unpaired) electrons. The third-order valence-electron chi connectivity index (χ3n) is 2.63. The summed E-state index contributed by atoms with van der Waals surface area (Å²) in [6, 6.07) is 2.92. The Kier molecular flexibility index (Phi) is 2.44. The normalized spacial score (nSPS) is 24.2. The average Bonchev–Trinajstić information content (AvgIpc) is 2.55. The number of aromatic nitrogens is 1. The Labute approximate surface area is 95.8 Å². The largest absolute Gasteiger partial charge is 0.312 e. The molecule has 0 spiro atoms. The first-order chi connectivity index (χ1) is 7.97. The van der Waals surface area contributed by atoms with Crippen LogP contribution in [0.2, 0.25) is 0 Å². The monoisotopic (exact) mass is 232 g/mol. The van der Waals surface area contributed by atoms with Gasteiger partial charge in [-0.15, -0.1) is 0 Å². The van der Waals surface area contributed by atoms with Gasteiger partial charge < -0.3 is 5.73 Å². The SMILES string of the molecule is NC1(C(=O)c2cccnc2)CC(=O)C(=O)C1=O. The van der Waals surface area contributed by atoms with Crippen molar-refractivity contribution in [3.05, 3.63) is 30.1 Å². The van der Waals surface area contributed by atoms with Gasteiger partial charge in [-0.05, 0) is 12.1 Å². The molecule has 1 saturated carbocycles. The van der Waals surface area contributed by atoms with Crippen molar-refractivity contribution in [2.75, 3.05) is 0 Å². The predicted molar refractivity (Wildman–Crippen MR) is 55.1 cm³/mol. The number of ketones is 4. The fourth-order valence-corrected chi connectivity index (χ4v) is 1.68. The minimum atomic E-state index is -2.06. The summed E-state index contributed by atoms with van der Waals surface area (Å²) < 4.78 is 0. The highest BCUT2D eigenvalue weighted by Gasteiger charge is 2.55. The third-order valence-corrected chi connectivity index (χ3v) is 2.63. The van der Waals surface area contributed by atoms with E-state index >= 15 is 0 Å². The van der Waals surface area contributed by atoms with Gasteiger partial charge in [-0.2, -0.15) is 0 Å². The summed E-state index contributed by atoms with van der Waals surface area (Å²) in [6.45, 7) is 0. The highest BCUT2D eigenvalue weighted by atomic mass is 16.2. The lowest BCUT2D eigenvalue weighted by Gasteiger charge is -2.17. The van der Waals surface area contributed by atoms with Crippen molar-refractivity contribution in [2.45, 2.75) is 12.0 Å². The van der Waals surface area contributed by atoms with E-state index in [9.17, 15) is 19.2 Å². The maximum atomic E-state index is 12.0. The van der Waals surface area contributed by atoms with Crippen molar-refractivity contribution in [1.82, 2.24) is 4.98 Å². The van der Waals surface area contributed by atoms with Gasteiger partial charge in [-0.25, -0.2) is 0 Å². The molecular formula is C11H8N2O4. The average molecular weight is 232 g/mol. The summed E-state index contributed by atoms with van der Waals surface area (Å²) >= 11 is 0. The van der Waals surface area contributed by atoms with Crippen LogP contribution in [0.5, 0.6) is 0 Å². The Bertz CT molecular complexity index is 538. The molecule has 0 saturated heterocycles. The van der Waals surface area contributed by atoms with E-state index in [1.165, 1.54) is 24.5 Å². The molecule has 2 rings (SSSR count). The first kappa shape index (κ1) is 11.3. The van der Waals surface area contributed by atoms with Crippen LogP contribution < -0.4 is 5.73 Å². The van der Waals surface area contributed by atoms with Gasteiger partial charge in [0.1, 0.15) is 0 Å². The third kappa shape index (κ3) is 1.58. The molecule has 2 N–H and O–H groups in total. The first-order valence-electron chi connectivity index (χ1n) is 4.82. The summed E-state index contributed by atoms with van der Waals surface area (Å²) in [5.74, 6) is -4.02. The predicted octanol–water partition coefficient (Wildman–Crippen LogP) is -0.927. The van der Waals surface area contributed by atoms with Gasteiger partial charge in [-0.3, -0.25) is 24.2 Å². The number of Topliss-reactive ketones (excluding diaryl/α,β-unsaturated/α-hetero) is 4. The van der Waals surface area contributed by atoms with Crippen LogP contribution in [0.3, 0.4) is 0 Å². The van der Waals surface area contributed by atoms with Gasteiger partial charge in [0, 0.05) is 24.4 Å². The number of carbonyl (C=O) groups is 4. The summed E-state index contributed by atoms with van der Waals surface area (Å²) in [5, 5.41) is 0. The van der Waals surface area contributed by atoms with Crippen molar-refractivity contribution in [2.24, 2.45) is 5.73 Å². The van der Waals surface area contributed by atoms with Crippen LogP contribution in [0, 0.1) is 0 Å². The minimum absolute atomic E-state index is 0.103. The molecule has 1 aliphatic rings. The Morgan fingerprint density at radius 2 is 2.06 bits per heavy atom. The molecule has 0 bridgehead atoms. The second-order valence-corrected chi connectivity index (χ2v) is 3.80. The Balaban J connectivity index is 2.42. The molecular weight excluding hydrogens is 224 g/mol. The molecule has 1 atom stereocenters. The molecule has 1 heterocycles. The van der Waals surface area contributed by atoms with Crippen LogP contribution in [-0.2, 0) is 14.4 Å². The maximum Gasteiger partial charge on any atom is 0.266 e. The molecule has 0 aliphatic heterocycles. The second-order valence-electron chi connectivity index (χ2n) is 3.80. The van der Waals surface area contributed by atoms with E-state index in [1.54, 1.807) is 0 Å². The van der Waals surface area contributed by atoms with Gasteiger partial charge in [0.25, 0.3) is 5.78 Å². The van der Waals surface area contributed by atoms with E-state index in [2.05, 4.69) is 4.98 Å². The smallest absolute Gasteiger partial charge is 0.266 e. The van der Waals surface area contributed by atoms with Crippen molar-refractivity contribution in [3.8, 4) is 0 Å². The van der Waals surface area contributed by atoms with Gasteiger partial charge in [0.2, 0.25) is 11.6 Å². The lowest BCUT2D eigenvalue weighted by molar-refractivity contribution is -0.140. The molecule has 1 fully saturated rings. The molecule has 1 aliphatic carbocycles. The summed E-state index contributed by atoms with van der Waals surface area (Å²) in [6.07, 6.45) is 2.11.